The van der Waals surface area contributed by atoms with Crippen LogP contribution in [0.25, 0.3) is 0 Å². The van der Waals surface area contributed by atoms with E-state index in [0.717, 1.165) is 35.0 Å². The molecule has 4 N–H and O–H groups in total. The van der Waals surface area contributed by atoms with E-state index in [1.807, 2.05) is 12.1 Å². The van der Waals surface area contributed by atoms with E-state index in [4.69, 9.17) is 5.73 Å². The molecule has 0 fully saturated rings. The summed E-state index contributed by atoms with van der Waals surface area (Å²) in [7, 11) is 0. The lowest BCUT2D eigenvalue weighted by atomic mass is 9.84. The van der Waals surface area contributed by atoms with Gasteiger partial charge in [0.05, 0.1) is 0 Å². The number of hydrogen-bond acceptors (Lipinski definition) is 3. The minimum absolute atomic E-state index is 0.0393. The average molecular weight is 361 g/mol. The van der Waals surface area contributed by atoms with Crippen LogP contribution in [0.2, 0.25) is 0 Å². The van der Waals surface area contributed by atoms with Crippen LogP contribution in [0.15, 0.2) is 57.7 Å². The SMILES string of the molecule is CC(NC1CC=CC2=C1C(N)=CCC2)c1cc(Br)ccc1O. The van der Waals surface area contributed by atoms with Gasteiger partial charge in [-0.2, -0.15) is 0 Å². The van der Waals surface area contributed by atoms with Crippen molar-refractivity contribution in [1.29, 1.82) is 0 Å². The Morgan fingerprint density at radius 1 is 1.41 bits per heavy atom. The van der Waals surface area contributed by atoms with Gasteiger partial charge in [0.2, 0.25) is 0 Å². The number of halogens is 1. The number of phenolic OH excluding ortho intramolecular Hbond substituents is 1. The molecule has 0 spiro atoms. The van der Waals surface area contributed by atoms with Crippen LogP contribution in [0.4, 0.5) is 0 Å². The highest BCUT2D eigenvalue weighted by atomic mass is 79.9. The molecule has 2 aliphatic carbocycles. The maximum atomic E-state index is 10.1. The van der Waals surface area contributed by atoms with E-state index < -0.39 is 0 Å². The van der Waals surface area contributed by atoms with Crippen molar-refractivity contribution in [3.05, 3.63) is 63.3 Å². The average Bonchev–Trinajstić information content (AvgIpc) is 2.50. The monoisotopic (exact) mass is 360 g/mol. The van der Waals surface area contributed by atoms with Crippen LogP contribution >= 0.6 is 15.9 Å². The van der Waals surface area contributed by atoms with Gasteiger partial charge in [-0.05, 0) is 55.5 Å². The smallest absolute Gasteiger partial charge is 0.120 e. The first-order chi connectivity index (χ1) is 10.6. The highest BCUT2D eigenvalue weighted by Gasteiger charge is 2.25. The third-order valence-corrected chi connectivity index (χ3v) is 4.87. The van der Waals surface area contributed by atoms with Crippen molar-refractivity contribution in [1.82, 2.24) is 5.32 Å². The first-order valence-electron chi connectivity index (χ1n) is 7.66. The summed E-state index contributed by atoms with van der Waals surface area (Å²) in [5, 5.41) is 13.7. The number of rotatable bonds is 3. The topological polar surface area (TPSA) is 58.3 Å². The van der Waals surface area contributed by atoms with Gasteiger partial charge in [0, 0.05) is 27.8 Å². The van der Waals surface area contributed by atoms with Crippen molar-refractivity contribution in [2.24, 2.45) is 5.73 Å². The van der Waals surface area contributed by atoms with E-state index in [1.165, 1.54) is 11.1 Å². The second-order valence-electron chi connectivity index (χ2n) is 5.92. The van der Waals surface area contributed by atoms with E-state index >= 15 is 0 Å². The zero-order valence-corrected chi connectivity index (χ0v) is 14.2. The number of nitrogens with one attached hydrogen (secondary N) is 1. The molecule has 3 rings (SSSR count). The molecule has 0 aliphatic heterocycles. The van der Waals surface area contributed by atoms with E-state index in [2.05, 4.69) is 46.4 Å². The predicted molar refractivity (Wildman–Crippen MR) is 93.4 cm³/mol. The Morgan fingerprint density at radius 2 is 2.23 bits per heavy atom. The Kier molecular flexibility index (Phi) is 4.41. The van der Waals surface area contributed by atoms with Gasteiger partial charge in [0.15, 0.2) is 0 Å². The molecule has 0 radical (unpaired) electrons. The number of nitrogens with two attached hydrogens (primary N) is 1. The predicted octanol–water partition coefficient (Wildman–Crippen LogP) is 4.07. The zero-order chi connectivity index (χ0) is 15.7. The molecule has 0 heterocycles. The summed E-state index contributed by atoms with van der Waals surface area (Å²) in [6.45, 7) is 2.07. The van der Waals surface area contributed by atoms with Gasteiger partial charge in [-0.3, -0.25) is 0 Å². The first-order valence-corrected chi connectivity index (χ1v) is 8.45. The van der Waals surface area contributed by atoms with Crippen LogP contribution in [0.1, 0.15) is 37.8 Å². The third kappa shape index (κ3) is 2.99. The molecule has 116 valence electrons. The summed E-state index contributed by atoms with van der Waals surface area (Å²) in [6.07, 6.45) is 9.53. The third-order valence-electron chi connectivity index (χ3n) is 4.38. The van der Waals surface area contributed by atoms with Gasteiger partial charge in [0.25, 0.3) is 0 Å². The van der Waals surface area contributed by atoms with Crippen LogP contribution in [0, 0.1) is 0 Å². The van der Waals surface area contributed by atoms with Crippen molar-refractivity contribution in [2.45, 2.75) is 38.3 Å². The van der Waals surface area contributed by atoms with E-state index in [0.29, 0.717) is 5.75 Å². The van der Waals surface area contributed by atoms with Crippen LogP contribution in [-0.4, -0.2) is 11.1 Å². The highest BCUT2D eigenvalue weighted by molar-refractivity contribution is 9.10. The lowest BCUT2D eigenvalue weighted by Crippen LogP contribution is -2.37. The van der Waals surface area contributed by atoms with E-state index in [1.54, 1.807) is 6.07 Å². The van der Waals surface area contributed by atoms with Gasteiger partial charge in [-0.25, -0.2) is 0 Å². The summed E-state index contributed by atoms with van der Waals surface area (Å²) in [5.41, 5.74) is 10.6. The van der Waals surface area contributed by atoms with Gasteiger partial charge in [-0.1, -0.05) is 34.2 Å². The Morgan fingerprint density at radius 3 is 3.05 bits per heavy atom. The molecule has 2 atom stereocenters. The molecular formula is C18H21BrN2O. The Hall–Kier alpha value is -1.52. The second kappa shape index (κ2) is 6.31. The Bertz CT molecular complexity index is 676. The van der Waals surface area contributed by atoms with Crippen molar-refractivity contribution in [2.75, 3.05) is 0 Å². The summed E-state index contributed by atoms with van der Waals surface area (Å²) < 4.78 is 0.967. The van der Waals surface area contributed by atoms with Crippen molar-refractivity contribution >= 4 is 15.9 Å². The number of phenols is 1. The molecule has 2 unspecified atom stereocenters. The first kappa shape index (κ1) is 15.4. The fraction of sp³-hybridized carbons (Fsp3) is 0.333. The molecule has 0 amide bonds. The second-order valence-corrected chi connectivity index (χ2v) is 6.83. The molecule has 4 heteroatoms. The largest absolute Gasteiger partial charge is 0.508 e. The quantitative estimate of drug-likeness (QED) is 0.761. The normalized spacial score (nSPS) is 22.3. The molecule has 22 heavy (non-hydrogen) atoms. The molecule has 0 bridgehead atoms. The number of hydrogen-bond donors (Lipinski definition) is 3. The molecule has 2 aliphatic rings. The van der Waals surface area contributed by atoms with Crippen LogP contribution in [-0.2, 0) is 0 Å². The lowest BCUT2D eigenvalue weighted by molar-refractivity contribution is 0.439. The van der Waals surface area contributed by atoms with Gasteiger partial charge < -0.3 is 16.2 Å². The maximum Gasteiger partial charge on any atom is 0.120 e. The molecule has 3 nitrogen and oxygen atoms in total. The summed E-state index contributed by atoms with van der Waals surface area (Å²) in [4.78, 5) is 0. The van der Waals surface area contributed by atoms with E-state index in [-0.39, 0.29) is 12.1 Å². The standard InChI is InChI=1S/C18H21BrN2O/c1-11(14-10-13(19)8-9-17(14)22)21-16-7-3-5-12-4-2-6-15(20)18(12)16/h3,5-6,8-11,16,21-22H,2,4,7,20H2,1H3. The number of allylic oxidation sites excluding steroid dienone is 3. The molecule has 1 aromatic carbocycles. The van der Waals surface area contributed by atoms with Gasteiger partial charge >= 0.3 is 0 Å². The summed E-state index contributed by atoms with van der Waals surface area (Å²) >= 11 is 3.47. The number of benzene rings is 1. The van der Waals surface area contributed by atoms with Gasteiger partial charge in [-0.15, -0.1) is 0 Å². The molecular weight excluding hydrogens is 340 g/mol. The van der Waals surface area contributed by atoms with Crippen LogP contribution in [0.3, 0.4) is 0 Å². The lowest BCUT2D eigenvalue weighted by Gasteiger charge is -2.31. The molecule has 0 saturated heterocycles. The van der Waals surface area contributed by atoms with Crippen molar-refractivity contribution in [3.63, 3.8) is 0 Å². The van der Waals surface area contributed by atoms with Crippen LogP contribution < -0.4 is 11.1 Å². The maximum absolute atomic E-state index is 10.1. The Labute approximate surface area is 139 Å². The highest BCUT2D eigenvalue weighted by Crippen LogP contribution is 2.33. The fourth-order valence-corrected chi connectivity index (χ4v) is 3.67. The molecule has 0 saturated carbocycles. The fourth-order valence-electron chi connectivity index (χ4n) is 3.29. The zero-order valence-electron chi connectivity index (χ0n) is 12.6. The summed E-state index contributed by atoms with van der Waals surface area (Å²) in [6, 6.07) is 5.76. The van der Waals surface area contributed by atoms with Gasteiger partial charge in [0.1, 0.15) is 5.75 Å². The minimum atomic E-state index is 0.0393. The van der Waals surface area contributed by atoms with Crippen LogP contribution in [0.5, 0.6) is 5.75 Å². The summed E-state index contributed by atoms with van der Waals surface area (Å²) in [5.74, 6) is 0.316. The van der Waals surface area contributed by atoms with Crippen molar-refractivity contribution in [3.8, 4) is 5.75 Å². The van der Waals surface area contributed by atoms with Crippen molar-refractivity contribution < 1.29 is 5.11 Å². The van der Waals surface area contributed by atoms with E-state index in [9.17, 15) is 5.11 Å². The Balaban J connectivity index is 1.84. The molecule has 1 aromatic rings. The minimum Gasteiger partial charge on any atom is -0.508 e. The molecule has 0 aromatic heterocycles. The number of aromatic hydroxyl groups is 1.